The number of halogens is 3. The molecular weight excluding hydrogens is 262 g/mol. The second kappa shape index (κ2) is 4.59. The van der Waals surface area contributed by atoms with Crippen LogP contribution in [-0.4, -0.2) is 10.2 Å². The standard InChI is InChI=1S/C12H9Cl2FN2/c1-6-7(2)12(14)17-16-11(6)9-5-8(15)3-4-10(9)13/h3-5H,1-2H3. The second-order valence-electron chi connectivity index (χ2n) is 3.71. The molecule has 5 heteroatoms. The Hall–Kier alpha value is -1.19. The van der Waals surface area contributed by atoms with Crippen molar-refractivity contribution >= 4 is 23.2 Å². The molecular formula is C12H9Cl2FN2. The lowest BCUT2D eigenvalue weighted by Gasteiger charge is -2.09. The summed E-state index contributed by atoms with van der Waals surface area (Å²) >= 11 is 11.9. The fourth-order valence-electron chi connectivity index (χ4n) is 1.51. The first-order valence-electron chi connectivity index (χ1n) is 4.95. The van der Waals surface area contributed by atoms with Gasteiger partial charge in [-0.25, -0.2) is 4.39 Å². The van der Waals surface area contributed by atoms with Gasteiger partial charge >= 0.3 is 0 Å². The summed E-state index contributed by atoms with van der Waals surface area (Å²) in [7, 11) is 0. The van der Waals surface area contributed by atoms with Gasteiger partial charge in [-0.2, -0.15) is 0 Å². The van der Waals surface area contributed by atoms with E-state index in [1.807, 2.05) is 13.8 Å². The van der Waals surface area contributed by atoms with Crippen molar-refractivity contribution in [2.24, 2.45) is 0 Å². The van der Waals surface area contributed by atoms with Crippen LogP contribution in [0.3, 0.4) is 0 Å². The van der Waals surface area contributed by atoms with Gasteiger partial charge < -0.3 is 0 Å². The molecule has 17 heavy (non-hydrogen) atoms. The van der Waals surface area contributed by atoms with Crippen LogP contribution in [-0.2, 0) is 0 Å². The SMILES string of the molecule is Cc1c(Cl)nnc(-c2cc(F)ccc2Cl)c1C. The predicted octanol–water partition coefficient (Wildman–Crippen LogP) is 4.21. The second-order valence-corrected chi connectivity index (χ2v) is 4.48. The number of nitrogens with zero attached hydrogens (tertiary/aromatic N) is 2. The number of hydrogen-bond donors (Lipinski definition) is 0. The third-order valence-corrected chi connectivity index (χ3v) is 3.34. The Morgan fingerprint density at radius 3 is 2.47 bits per heavy atom. The van der Waals surface area contributed by atoms with E-state index in [4.69, 9.17) is 23.2 Å². The molecule has 0 aliphatic carbocycles. The number of benzene rings is 1. The van der Waals surface area contributed by atoms with Crippen molar-refractivity contribution in [2.45, 2.75) is 13.8 Å². The highest BCUT2D eigenvalue weighted by atomic mass is 35.5. The molecule has 0 radical (unpaired) electrons. The molecule has 0 aliphatic heterocycles. The summed E-state index contributed by atoms with van der Waals surface area (Å²) in [4.78, 5) is 0. The summed E-state index contributed by atoms with van der Waals surface area (Å²) < 4.78 is 13.2. The van der Waals surface area contributed by atoms with Crippen LogP contribution in [0.5, 0.6) is 0 Å². The van der Waals surface area contributed by atoms with Gasteiger partial charge in [-0.1, -0.05) is 23.2 Å². The van der Waals surface area contributed by atoms with Gasteiger partial charge in [0, 0.05) is 5.56 Å². The molecule has 1 heterocycles. The van der Waals surface area contributed by atoms with E-state index in [-0.39, 0.29) is 5.82 Å². The van der Waals surface area contributed by atoms with Gasteiger partial charge in [0.15, 0.2) is 5.15 Å². The molecule has 2 aromatic rings. The molecule has 0 bridgehead atoms. The maximum Gasteiger partial charge on any atom is 0.154 e. The van der Waals surface area contributed by atoms with Crippen molar-refractivity contribution < 1.29 is 4.39 Å². The molecule has 0 saturated carbocycles. The minimum absolute atomic E-state index is 0.346. The van der Waals surface area contributed by atoms with Gasteiger partial charge in [-0.3, -0.25) is 0 Å². The third kappa shape index (κ3) is 2.26. The lowest BCUT2D eigenvalue weighted by atomic mass is 10.0. The zero-order valence-corrected chi connectivity index (χ0v) is 10.8. The molecule has 0 saturated heterocycles. The van der Waals surface area contributed by atoms with Crippen molar-refractivity contribution in [2.75, 3.05) is 0 Å². The normalized spacial score (nSPS) is 10.6. The Balaban J connectivity index is 2.69. The van der Waals surface area contributed by atoms with Gasteiger partial charge in [0.1, 0.15) is 5.82 Å². The molecule has 0 unspecified atom stereocenters. The monoisotopic (exact) mass is 270 g/mol. The van der Waals surface area contributed by atoms with Crippen LogP contribution >= 0.6 is 23.2 Å². The zero-order valence-electron chi connectivity index (χ0n) is 9.26. The molecule has 1 aromatic heterocycles. The minimum Gasteiger partial charge on any atom is -0.207 e. The van der Waals surface area contributed by atoms with E-state index in [9.17, 15) is 4.39 Å². The summed E-state index contributed by atoms with van der Waals surface area (Å²) in [6, 6.07) is 4.14. The molecule has 0 spiro atoms. The Bertz CT molecular complexity index is 585. The maximum atomic E-state index is 13.2. The average Bonchev–Trinajstić information content (AvgIpc) is 2.30. The van der Waals surface area contributed by atoms with Gasteiger partial charge in [0.2, 0.25) is 0 Å². The van der Waals surface area contributed by atoms with Crippen molar-refractivity contribution in [3.8, 4) is 11.3 Å². The maximum absolute atomic E-state index is 13.2. The highest BCUT2D eigenvalue weighted by Gasteiger charge is 2.13. The fourth-order valence-corrected chi connectivity index (χ4v) is 1.90. The van der Waals surface area contributed by atoms with E-state index in [1.54, 1.807) is 0 Å². The Morgan fingerprint density at radius 2 is 1.76 bits per heavy atom. The minimum atomic E-state index is -0.363. The molecule has 2 rings (SSSR count). The van der Waals surface area contributed by atoms with E-state index in [0.29, 0.717) is 21.4 Å². The molecule has 0 amide bonds. The first-order chi connectivity index (χ1) is 8.00. The molecule has 1 aromatic carbocycles. The quantitative estimate of drug-likeness (QED) is 0.776. The van der Waals surface area contributed by atoms with Gasteiger partial charge in [-0.05, 0) is 43.2 Å². The molecule has 88 valence electrons. The van der Waals surface area contributed by atoms with Gasteiger partial charge in [0.05, 0.1) is 10.7 Å². The van der Waals surface area contributed by atoms with Crippen molar-refractivity contribution in [1.29, 1.82) is 0 Å². The lowest BCUT2D eigenvalue weighted by molar-refractivity contribution is 0.628. The number of aromatic nitrogens is 2. The van der Waals surface area contributed by atoms with E-state index in [0.717, 1.165) is 11.1 Å². The average molecular weight is 271 g/mol. The van der Waals surface area contributed by atoms with Gasteiger partial charge in [-0.15, -0.1) is 10.2 Å². The molecule has 2 nitrogen and oxygen atoms in total. The molecule has 0 fully saturated rings. The predicted molar refractivity (Wildman–Crippen MR) is 66.9 cm³/mol. The summed E-state index contributed by atoms with van der Waals surface area (Å²) in [6.45, 7) is 3.69. The molecule has 0 N–H and O–H groups in total. The Kier molecular flexibility index (Phi) is 3.31. The van der Waals surface area contributed by atoms with E-state index in [1.165, 1.54) is 18.2 Å². The van der Waals surface area contributed by atoms with Gasteiger partial charge in [0.25, 0.3) is 0 Å². The van der Waals surface area contributed by atoms with E-state index >= 15 is 0 Å². The summed E-state index contributed by atoms with van der Waals surface area (Å²) in [5, 5.41) is 8.58. The number of rotatable bonds is 1. The Labute approximate surface area is 108 Å². The van der Waals surface area contributed by atoms with E-state index < -0.39 is 0 Å². The number of hydrogen-bond acceptors (Lipinski definition) is 2. The highest BCUT2D eigenvalue weighted by Crippen LogP contribution is 2.31. The van der Waals surface area contributed by atoms with Crippen molar-refractivity contribution in [3.05, 3.63) is 45.3 Å². The highest BCUT2D eigenvalue weighted by molar-refractivity contribution is 6.33. The van der Waals surface area contributed by atoms with Crippen molar-refractivity contribution in [3.63, 3.8) is 0 Å². The van der Waals surface area contributed by atoms with Crippen LogP contribution in [0.4, 0.5) is 4.39 Å². The lowest BCUT2D eigenvalue weighted by Crippen LogP contribution is -1.97. The summed E-state index contributed by atoms with van der Waals surface area (Å²) in [5.41, 5.74) is 2.74. The fraction of sp³-hybridized carbons (Fsp3) is 0.167. The van der Waals surface area contributed by atoms with Crippen LogP contribution in [0.2, 0.25) is 10.2 Å². The van der Waals surface area contributed by atoms with Crippen LogP contribution in [0.1, 0.15) is 11.1 Å². The van der Waals surface area contributed by atoms with Crippen molar-refractivity contribution in [1.82, 2.24) is 10.2 Å². The summed E-state index contributed by atoms with van der Waals surface area (Å²) in [5.74, 6) is -0.363. The van der Waals surface area contributed by atoms with Crippen LogP contribution in [0, 0.1) is 19.7 Å². The van der Waals surface area contributed by atoms with Crippen LogP contribution < -0.4 is 0 Å². The smallest absolute Gasteiger partial charge is 0.154 e. The Morgan fingerprint density at radius 1 is 1.06 bits per heavy atom. The first-order valence-corrected chi connectivity index (χ1v) is 5.71. The largest absolute Gasteiger partial charge is 0.207 e. The molecule has 0 atom stereocenters. The molecule has 0 aliphatic rings. The first kappa shape index (κ1) is 12.3. The summed E-state index contributed by atoms with van der Waals surface area (Å²) in [6.07, 6.45) is 0. The topological polar surface area (TPSA) is 25.8 Å². The zero-order chi connectivity index (χ0) is 12.6. The van der Waals surface area contributed by atoms with Crippen LogP contribution in [0.25, 0.3) is 11.3 Å². The third-order valence-electron chi connectivity index (χ3n) is 2.65. The van der Waals surface area contributed by atoms with E-state index in [2.05, 4.69) is 10.2 Å². The van der Waals surface area contributed by atoms with Crippen LogP contribution in [0.15, 0.2) is 18.2 Å².